The van der Waals surface area contributed by atoms with Crippen LogP contribution in [0.1, 0.15) is 25.8 Å². The second kappa shape index (κ2) is 8.99. The van der Waals surface area contributed by atoms with Crippen molar-refractivity contribution in [3.05, 3.63) is 29.8 Å². The fourth-order valence-corrected chi connectivity index (χ4v) is 2.46. The van der Waals surface area contributed by atoms with Crippen molar-refractivity contribution in [1.82, 2.24) is 10.6 Å². The molecule has 19 heavy (non-hydrogen) atoms. The average Bonchev–Trinajstić information content (AvgIpc) is 2.37. The summed E-state index contributed by atoms with van der Waals surface area (Å²) >= 11 is 1.59. The minimum atomic E-state index is 0.115. The first-order chi connectivity index (χ1) is 9.11. The van der Waals surface area contributed by atoms with E-state index in [1.54, 1.807) is 11.8 Å². The van der Waals surface area contributed by atoms with Crippen LogP contribution in [0.5, 0.6) is 0 Å². The third-order valence-electron chi connectivity index (χ3n) is 2.69. The van der Waals surface area contributed by atoms with Crippen LogP contribution < -0.4 is 10.6 Å². The highest BCUT2D eigenvalue weighted by Gasteiger charge is 2.03. The summed E-state index contributed by atoms with van der Waals surface area (Å²) in [5, 5.41) is 6.08. The Balaban J connectivity index is 2.31. The normalized spacial score (nSPS) is 10.7. The Morgan fingerprint density at radius 2 is 2.16 bits per heavy atom. The van der Waals surface area contributed by atoms with E-state index in [2.05, 4.69) is 36.6 Å². The van der Waals surface area contributed by atoms with E-state index in [1.165, 1.54) is 5.56 Å². The maximum Gasteiger partial charge on any atom is 0.230 e. The van der Waals surface area contributed by atoms with E-state index < -0.39 is 0 Å². The van der Waals surface area contributed by atoms with Crippen LogP contribution in [0.2, 0.25) is 0 Å². The summed E-state index contributed by atoms with van der Waals surface area (Å²) in [5.74, 6) is 1.23. The van der Waals surface area contributed by atoms with Crippen molar-refractivity contribution >= 4 is 17.7 Å². The molecule has 0 saturated heterocycles. The average molecular weight is 280 g/mol. The number of carbonyl (C=O) groups excluding carboxylic acids is 1. The van der Waals surface area contributed by atoms with Gasteiger partial charge < -0.3 is 10.6 Å². The van der Waals surface area contributed by atoms with Crippen molar-refractivity contribution in [3.63, 3.8) is 0 Å². The van der Waals surface area contributed by atoms with Gasteiger partial charge in [0.05, 0.1) is 5.75 Å². The molecular formula is C15H24N2OS. The van der Waals surface area contributed by atoms with E-state index >= 15 is 0 Å². The molecule has 0 aliphatic carbocycles. The lowest BCUT2D eigenvalue weighted by atomic mass is 10.1. The van der Waals surface area contributed by atoms with E-state index in [9.17, 15) is 4.79 Å². The summed E-state index contributed by atoms with van der Waals surface area (Å²) in [4.78, 5) is 12.8. The molecule has 1 amide bonds. The molecule has 4 heteroatoms. The van der Waals surface area contributed by atoms with E-state index in [0.717, 1.165) is 24.4 Å². The van der Waals surface area contributed by atoms with Crippen molar-refractivity contribution in [2.75, 3.05) is 19.3 Å². The first kappa shape index (κ1) is 16.1. The summed E-state index contributed by atoms with van der Waals surface area (Å²) < 4.78 is 0. The lowest BCUT2D eigenvalue weighted by Crippen LogP contribution is -2.26. The minimum absolute atomic E-state index is 0.115. The van der Waals surface area contributed by atoms with Crippen LogP contribution in [0.25, 0.3) is 0 Å². The van der Waals surface area contributed by atoms with Gasteiger partial charge in [0.15, 0.2) is 0 Å². The molecule has 1 aromatic carbocycles. The number of amides is 1. The Hall–Kier alpha value is -1.00. The SMILES string of the molecule is CNCc1cccc(SCC(=O)NCCC(C)C)c1. The first-order valence-corrected chi connectivity index (χ1v) is 7.73. The second-order valence-corrected chi connectivity index (χ2v) is 6.05. The molecule has 1 aromatic rings. The van der Waals surface area contributed by atoms with E-state index in [0.29, 0.717) is 11.7 Å². The smallest absolute Gasteiger partial charge is 0.230 e. The molecule has 0 aliphatic heterocycles. The van der Waals surface area contributed by atoms with E-state index in [4.69, 9.17) is 0 Å². The van der Waals surface area contributed by atoms with E-state index in [-0.39, 0.29) is 5.91 Å². The van der Waals surface area contributed by atoms with Crippen LogP contribution in [0.4, 0.5) is 0 Å². The van der Waals surface area contributed by atoms with Crippen LogP contribution in [0.15, 0.2) is 29.2 Å². The summed E-state index contributed by atoms with van der Waals surface area (Å²) in [6.07, 6.45) is 1.04. The number of carbonyl (C=O) groups is 1. The molecule has 1 rings (SSSR count). The van der Waals surface area contributed by atoms with Gasteiger partial charge in [-0.25, -0.2) is 0 Å². The van der Waals surface area contributed by atoms with Gasteiger partial charge in [0.1, 0.15) is 0 Å². The zero-order valence-electron chi connectivity index (χ0n) is 12.0. The van der Waals surface area contributed by atoms with Gasteiger partial charge in [-0.3, -0.25) is 4.79 Å². The number of hydrogen-bond acceptors (Lipinski definition) is 3. The molecule has 0 radical (unpaired) electrons. The molecule has 0 heterocycles. The lowest BCUT2D eigenvalue weighted by Gasteiger charge is -2.07. The quantitative estimate of drug-likeness (QED) is 0.719. The van der Waals surface area contributed by atoms with Crippen LogP contribution in [-0.2, 0) is 11.3 Å². The summed E-state index contributed by atoms with van der Waals surface area (Å²) in [6.45, 7) is 5.95. The van der Waals surface area contributed by atoms with Crippen LogP contribution in [0, 0.1) is 5.92 Å². The molecular weight excluding hydrogens is 256 g/mol. The monoisotopic (exact) mass is 280 g/mol. The van der Waals surface area contributed by atoms with Gasteiger partial charge in [-0.2, -0.15) is 0 Å². The molecule has 3 nitrogen and oxygen atoms in total. The van der Waals surface area contributed by atoms with Gasteiger partial charge in [-0.05, 0) is 37.1 Å². The van der Waals surface area contributed by atoms with Crippen LogP contribution in [-0.4, -0.2) is 25.3 Å². The fourth-order valence-electron chi connectivity index (χ4n) is 1.65. The molecule has 0 saturated carbocycles. The second-order valence-electron chi connectivity index (χ2n) is 5.00. The predicted octanol–water partition coefficient (Wildman–Crippen LogP) is 2.66. The van der Waals surface area contributed by atoms with Crippen LogP contribution in [0.3, 0.4) is 0 Å². The lowest BCUT2D eigenvalue weighted by molar-refractivity contribution is -0.118. The third-order valence-corrected chi connectivity index (χ3v) is 3.69. The molecule has 0 unspecified atom stereocenters. The Kier molecular flexibility index (Phi) is 7.60. The Morgan fingerprint density at radius 1 is 1.37 bits per heavy atom. The van der Waals surface area contributed by atoms with Crippen LogP contribution >= 0.6 is 11.8 Å². The summed E-state index contributed by atoms with van der Waals surface area (Å²) in [5.41, 5.74) is 1.24. The highest BCUT2D eigenvalue weighted by atomic mass is 32.2. The number of hydrogen-bond donors (Lipinski definition) is 2. The van der Waals surface area contributed by atoms with Gasteiger partial charge in [-0.1, -0.05) is 26.0 Å². The molecule has 0 aromatic heterocycles. The summed E-state index contributed by atoms with van der Waals surface area (Å²) in [6, 6.07) is 8.29. The van der Waals surface area contributed by atoms with E-state index in [1.807, 2.05) is 19.2 Å². The van der Waals surface area contributed by atoms with Gasteiger partial charge in [0.2, 0.25) is 5.91 Å². The Bertz CT molecular complexity index is 393. The topological polar surface area (TPSA) is 41.1 Å². The van der Waals surface area contributed by atoms with Crippen molar-refractivity contribution in [2.24, 2.45) is 5.92 Å². The van der Waals surface area contributed by atoms with Crippen molar-refractivity contribution < 1.29 is 4.79 Å². The fraction of sp³-hybridized carbons (Fsp3) is 0.533. The number of rotatable bonds is 8. The first-order valence-electron chi connectivity index (χ1n) is 6.75. The molecule has 0 aliphatic rings. The molecule has 2 N–H and O–H groups in total. The Morgan fingerprint density at radius 3 is 2.84 bits per heavy atom. The minimum Gasteiger partial charge on any atom is -0.355 e. The van der Waals surface area contributed by atoms with Crippen molar-refractivity contribution in [3.8, 4) is 0 Å². The maximum absolute atomic E-state index is 11.7. The summed E-state index contributed by atoms with van der Waals surface area (Å²) in [7, 11) is 1.93. The zero-order chi connectivity index (χ0) is 14.1. The largest absolute Gasteiger partial charge is 0.355 e. The maximum atomic E-state index is 11.7. The number of benzene rings is 1. The van der Waals surface area contributed by atoms with Gasteiger partial charge in [0.25, 0.3) is 0 Å². The molecule has 0 spiro atoms. The molecule has 106 valence electrons. The highest BCUT2D eigenvalue weighted by Crippen LogP contribution is 2.18. The standard InChI is InChI=1S/C15H24N2OS/c1-12(2)7-8-17-15(18)11-19-14-6-4-5-13(9-14)10-16-3/h4-6,9,12,16H,7-8,10-11H2,1-3H3,(H,17,18). The number of thioether (sulfide) groups is 1. The molecule has 0 fully saturated rings. The van der Waals surface area contributed by atoms with Gasteiger partial charge in [0, 0.05) is 18.0 Å². The number of nitrogens with one attached hydrogen (secondary N) is 2. The van der Waals surface area contributed by atoms with Crippen molar-refractivity contribution in [2.45, 2.75) is 31.7 Å². The zero-order valence-corrected chi connectivity index (χ0v) is 12.8. The predicted molar refractivity (Wildman–Crippen MR) is 82.4 cm³/mol. The molecule has 0 bridgehead atoms. The third kappa shape index (κ3) is 7.23. The van der Waals surface area contributed by atoms with Crippen molar-refractivity contribution in [1.29, 1.82) is 0 Å². The Labute approximate surface area is 120 Å². The van der Waals surface area contributed by atoms with Gasteiger partial charge >= 0.3 is 0 Å². The van der Waals surface area contributed by atoms with Gasteiger partial charge in [-0.15, -0.1) is 11.8 Å². The molecule has 0 atom stereocenters. The highest BCUT2D eigenvalue weighted by molar-refractivity contribution is 8.00.